The summed E-state index contributed by atoms with van der Waals surface area (Å²) in [5.41, 5.74) is 2.15. The molecule has 0 bridgehead atoms. The van der Waals surface area contributed by atoms with Crippen LogP contribution in [0.5, 0.6) is 0 Å². The van der Waals surface area contributed by atoms with Crippen molar-refractivity contribution in [1.82, 2.24) is 14.8 Å². The number of pyridine rings is 1. The zero-order valence-corrected chi connectivity index (χ0v) is 18.4. The molecule has 1 amide bonds. The minimum atomic E-state index is -4.31. The van der Waals surface area contributed by atoms with E-state index in [1.165, 1.54) is 12.1 Å². The highest BCUT2D eigenvalue weighted by molar-refractivity contribution is 5.73. The van der Waals surface area contributed by atoms with Gasteiger partial charge in [-0.2, -0.15) is 13.2 Å². The zero-order valence-electron chi connectivity index (χ0n) is 18.4. The topological polar surface area (TPSA) is 36.4 Å². The van der Waals surface area contributed by atoms with E-state index in [2.05, 4.69) is 11.0 Å². The molecule has 2 fully saturated rings. The van der Waals surface area contributed by atoms with Crippen LogP contribution in [0, 0.1) is 0 Å². The number of rotatable bonds is 4. The number of nitrogens with zero attached hydrogens (tertiary/aromatic N) is 3. The maximum atomic E-state index is 12.8. The van der Waals surface area contributed by atoms with Crippen molar-refractivity contribution in [3.8, 4) is 0 Å². The summed E-state index contributed by atoms with van der Waals surface area (Å²) in [6, 6.07) is 11.9. The first-order valence-electron chi connectivity index (χ1n) is 11.4. The lowest BCUT2D eigenvalue weighted by Gasteiger charge is -2.42. The summed E-state index contributed by atoms with van der Waals surface area (Å²) in [5.74, 6) is 0.524. The third kappa shape index (κ3) is 5.49. The molecule has 1 atom stereocenters. The van der Waals surface area contributed by atoms with Crippen LogP contribution in [-0.4, -0.2) is 52.9 Å². The summed E-state index contributed by atoms with van der Waals surface area (Å²) in [4.78, 5) is 21.0. The van der Waals surface area contributed by atoms with Crippen molar-refractivity contribution >= 4 is 5.91 Å². The van der Waals surface area contributed by atoms with Gasteiger partial charge in [0.05, 0.1) is 5.56 Å². The molecule has 7 heteroatoms. The van der Waals surface area contributed by atoms with Gasteiger partial charge in [-0.05, 0) is 62.1 Å². The van der Waals surface area contributed by atoms with E-state index in [1.54, 1.807) is 6.92 Å². The molecule has 1 unspecified atom stereocenters. The van der Waals surface area contributed by atoms with Crippen LogP contribution in [0.15, 0.2) is 42.5 Å². The van der Waals surface area contributed by atoms with Crippen molar-refractivity contribution in [3.05, 3.63) is 65.0 Å². The van der Waals surface area contributed by atoms with E-state index in [9.17, 15) is 18.0 Å². The fourth-order valence-corrected chi connectivity index (χ4v) is 4.97. The number of aromatic nitrogens is 1. The van der Waals surface area contributed by atoms with E-state index in [4.69, 9.17) is 4.98 Å². The second kappa shape index (κ2) is 9.61. The Kier molecular flexibility index (Phi) is 6.84. The normalized spacial score (nSPS) is 21.0. The van der Waals surface area contributed by atoms with E-state index in [0.29, 0.717) is 18.4 Å². The van der Waals surface area contributed by atoms with Crippen LogP contribution in [0.2, 0.25) is 0 Å². The van der Waals surface area contributed by atoms with Crippen molar-refractivity contribution in [3.63, 3.8) is 0 Å². The first-order chi connectivity index (χ1) is 15.3. The van der Waals surface area contributed by atoms with Gasteiger partial charge in [0.2, 0.25) is 5.91 Å². The zero-order chi connectivity index (χ0) is 22.7. The molecule has 0 spiro atoms. The van der Waals surface area contributed by atoms with Crippen molar-refractivity contribution in [2.75, 3.05) is 26.2 Å². The maximum Gasteiger partial charge on any atom is 0.416 e. The molecule has 0 aliphatic carbocycles. The molecule has 0 radical (unpaired) electrons. The minimum Gasteiger partial charge on any atom is -0.343 e. The Morgan fingerprint density at radius 3 is 2.41 bits per heavy atom. The first-order valence-corrected chi connectivity index (χ1v) is 11.4. The Morgan fingerprint density at radius 1 is 1.03 bits per heavy atom. The molecule has 2 aromatic rings. The molecule has 172 valence electrons. The van der Waals surface area contributed by atoms with E-state index < -0.39 is 11.7 Å². The molecule has 0 saturated carbocycles. The molecular weight excluding hydrogens is 415 g/mol. The molecule has 1 aromatic carbocycles. The van der Waals surface area contributed by atoms with Crippen molar-refractivity contribution in [2.45, 2.75) is 57.2 Å². The van der Waals surface area contributed by atoms with Gasteiger partial charge in [0.1, 0.15) is 0 Å². The van der Waals surface area contributed by atoms with Gasteiger partial charge in [0.25, 0.3) is 0 Å². The van der Waals surface area contributed by atoms with Gasteiger partial charge in [-0.25, -0.2) is 0 Å². The summed E-state index contributed by atoms with van der Waals surface area (Å²) in [7, 11) is 0. The number of amides is 1. The largest absolute Gasteiger partial charge is 0.416 e. The maximum absolute atomic E-state index is 12.8. The standard InChI is InChI=1S/C25H30F3N3O/c1-18(32)30-14-11-23(12-15-30)31-13-3-4-20(17-31)24-6-2-5-22(29-24)16-19-7-9-21(10-8-19)25(26,27)28/h2,5-10,20,23H,3-4,11-17H2,1H3. The van der Waals surface area contributed by atoms with Gasteiger partial charge in [0.15, 0.2) is 0 Å². The van der Waals surface area contributed by atoms with E-state index in [1.807, 2.05) is 17.0 Å². The SMILES string of the molecule is CC(=O)N1CCC(N2CCCC(c3cccc(Cc4ccc(C(F)(F)F)cc4)n3)C2)CC1. The molecule has 0 N–H and O–H groups in total. The highest BCUT2D eigenvalue weighted by atomic mass is 19.4. The Bertz CT molecular complexity index is 921. The lowest BCUT2D eigenvalue weighted by atomic mass is 9.91. The van der Waals surface area contributed by atoms with Gasteiger partial charge in [0, 0.05) is 56.3 Å². The molecule has 1 aromatic heterocycles. The van der Waals surface area contributed by atoms with Crippen LogP contribution < -0.4 is 0 Å². The van der Waals surface area contributed by atoms with Crippen LogP contribution in [0.3, 0.4) is 0 Å². The van der Waals surface area contributed by atoms with Crippen LogP contribution >= 0.6 is 0 Å². The lowest BCUT2D eigenvalue weighted by molar-refractivity contribution is -0.137. The van der Waals surface area contributed by atoms with Crippen molar-refractivity contribution < 1.29 is 18.0 Å². The minimum absolute atomic E-state index is 0.161. The Morgan fingerprint density at radius 2 is 1.75 bits per heavy atom. The summed E-state index contributed by atoms with van der Waals surface area (Å²) >= 11 is 0. The van der Waals surface area contributed by atoms with E-state index in [-0.39, 0.29) is 5.91 Å². The number of hydrogen-bond acceptors (Lipinski definition) is 3. The first kappa shape index (κ1) is 22.8. The Hall–Kier alpha value is -2.41. The van der Waals surface area contributed by atoms with Gasteiger partial charge >= 0.3 is 6.18 Å². The van der Waals surface area contributed by atoms with Crippen LogP contribution in [0.25, 0.3) is 0 Å². The Labute approximate surface area is 187 Å². The van der Waals surface area contributed by atoms with E-state index >= 15 is 0 Å². The predicted octanol–water partition coefficient (Wildman–Crippen LogP) is 4.88. The second-order valence-corrected chi connectivity index (χ2v) is 9.00. The van der Waals surface area contributed by atoms with Crippen molar-refractivity contribution in [2.24, 2.45) is 0 Å². The number of carbonyl (C=O) groups is 1. The molecular formula is C25H30F3N3O. The van der Waals surface area contributed by atoms with Gasteiger partial charge in [-0.1, -0.05) is 18.2 Å². The Balaban J connectivity index is 1.39. The summed E-state index contributed by atoms with van der Waals surface area (Å²) in [6.07, 6.45) is 0.474. The van der Waals surface area contributed by atoms with Crippen LogP contribution in [0.4, 0.5) is 13.2 Å². The number of alkyl halides is 3. The average Bonchev–Trinajstić information content (AvgIpc) is 2.79. The molecule has 2 aliphatic heterocycles. The number of carbonyl (C=O) groups excluding carboxylic acids is 1. The summed E-state index contributed by atoms with van der Waals surface area (Å²) in [6.45, 7) is 5.37. The smallest absolute Gasteiger partial charge is 0.343 e. The fraction of sp³-hybridized carbons (Fsp3) is 0.520. The second-order valence-electron chi connectivity index (χ2n) is 9.00. The third-order valence-corrected chi connectivity index (χ3v) is 6.79. The van der Waals surface area contributed by atoms with E-state index in [0.717, 1.165) is 80.9 Å². The number of likely N-dealkylation sites (tertiary alicyclic amines) is 2. The predicted molar refractivity (Wildman–Crippen MR) is 117 cm³/mol. The highest BCUT2D eigenvalue weighted by Gasteiger charge is 2.31. The van der Waals surface area contributed by atoms with Gasteiger partial charge in [-0.15, -0.1) is 0 Å². The average molecular weight is 446 g/mol. The van der Waals surface area contributed by atoms with Crippen LogP contribution in [-0.2, 0) is 17.4 Å². The molecule has 3 heterocycles. The molecule has 2 aliphatic rings. The fourth-order valence-electron chi connectivity index (χ4n) is 4.97. The number of halogens is 3. The lowest BCUT2D eigenvalue weighted by Crippen LogP contribution is -2.49. The number of benzene rings is 1. The van der Waals surface area contributed by atoms with Gasteiger partial charge in [-0.3, -0.25) is 14.7 Å². The molecule has 4 rings (SSSR count). The molecule has 32 heavy (non-hydrogen) atoms. The molecule has 4 nitrogen and oxygen atoms in total. The monoisotopic (exact) mass is 445 g/mol. The molecule has 2 saturated heterocycles. The number of hydrogen-bond donors (Lipinski definition) is 0. The third-order valence-electron chi connectivity index (χ3n) is 6.79. The summed E-state index contributed by atoms with van der Waals surface area (Å²) < 4.78 is 38.4. The van der Waals surface area contributed by atoms with Crippen molar-refractivity contribution in [1.29, 1.82) is 0 Å². The summed E-state index contributed by atoms with van der Waals surface area (Å²) in [5, 5.41) is 0. The highest BCUT2D eigenvalue weighted by Crippen LogP contribution is 2.31. The van der Waals surface area contributed by atoms with Gasteiger partial charge < -0.3 is 4.90 Å². The van der Waals surface area contributed by atoms with Crippen LogP contribution in [0.1, 0.15) is 61.0 Å². The quantitative estimate of drug-likeness (QED) is 0.673. The number of piperidine rings is 2.